The third-order valence-corrected chi connectivity index (χ3v) is 3.82. The summed E-state index contributed by atoms with van der Waals surface area (Å²) >= 11 is 0. The molecule has 1 aliphatic rings. The van der Waals surface area contributed by atoms with E-state index in [-0.39, 0.29) is 17.6 Å². The third kappa shape index (κ3) is 2.92. The lowest BCUT2D eigenvalue weighted by molar-refractivity contribution is -0.124. The normalized spacial score (nSPS) is 18.7. The first-order valence-corrected chi connectivity index (χ1v) is 6.90. The Morgan fingerprint density at radius 3 is 2.75 bits per heavy atom. The first-order chi connectivity index (χ1) is 9.52. The van der Waals surface area contributed by atoms with Crippen LogP contribution >= 0.6 is 0 Å². The van der Waals surface area contributed by atoms with Gasteiger partial charge < -0.3 is 16.0 Å². The average molecular weight is 275 g/mol. The molecule has 1 amide bonds. The van der Waals surface area contributed by atoms with Gasteiger partial charge in [-0.2, -0.15) is 0 Å². The quantitative estimate of drug-likeness (QED) is 0.646. The van der Waals surface area contributed by atoms with Crippen LogP contribution in [0.25, 0.3) is 0 Å². The van der Waals surface area contributed by atoms with Crippen LogP contribution in [0.5, 0.6) is 0 Å². The number of Topliss-reactive ketones (excluding diaryl/α,β-unsaturated/α-hetero) is 1. The van der Waals surface area contributed by atoms with Gasteiger partial charge in [-0.05, 0) is 38.0 Å². The van der Waals surface area contributed by atoms with E-state index >= 15 is 0 Å². The topological polar surface area (TPSA) is 75.4 Å². The highest BCUT2D eigenvalue weighted by Gasteiger charge is 2.25. The summed E-state index contributed by atoms with van der Waals surface area (Å²) in [6.07, 6.45) is 1.89. The molecule has 1 aromatic carbocycles. The van der Waals surface area contributed by atoms with E-state index in [2.05, 4.69) is 10.2 Å². The van der Waals surface area contributed by atoms with Gasteiger partial charge >= 0.3 is 0 Å². The van der Waals surface area contributed by atoms with Crippen molar-refractivity contribution in [3.8, 4) is 0 Å². The first-order valence-electron chi connectivity index (χ1n) is 6.90. The number of nitrogen functional groups attached to an aromatic ring is 1. The lowest BCUT2D eigenvalue weighted by Crippen LogP contribution is -2.42. The van der Waals surface area contributed by atoms with Gasteiger partial charge in [-0.25, -0.2) is 0 Å². The van der Waals surface area contributed by atoms with Gasteiger partial charge in [0.25, 0.3) is 0 Å². The standard InChI is InChI=1S/C15H21N3O2/c1-10(19)13-6-5-12(8-14(13)16)18-7-3-4-11(9-18)15(20)17-2/h5-6,8,11H,3-4,7,9,16H2,1-2H3,(H,17,20). The maximum absolute atomic E-state index is 11.7. The van der Waals surface area contributed by atoms with Crippen LogP contribution in [0.4, 0.5) is 11.4 Å². The molecule has 108 valence electrons. The Bertz CT molecular complexity index is 528. The minimum atomic E-state index is -0.0315. The monoisotopic (exact) mass is 275 g/mol. The average Bonchev–Trinajstić information content (AvgIpc) is 2.46. The zero-order valence-corrected chi connectivity index (χ0v) is 12.0. The largest absolute Gasteiger partial charge is 0.398 e. The molecule has 1 aromatic rings. The van der Waals surface area contributed by atoms with Crippen LogP contribution in [0.1, 0.15) is 30.1 Å². The van der Waals surface area contributed by atoms with Gasteiger partial charge in [0.1, 0.15) is 0 Å². The molecule has 1 heterocycles. The first kappa shape index (κ1) is 14.4. The Morgan fingerprint density at radius 2 is 2.15 bits per heavy atom. The number of amides is 1. The van der Waals surface area contributed by atoms with Crippen molar-refractivity contribution in [1.82, 2.24) is 5.32 Å². The van der Waals surface area contributed by atoms with Gasteiger partial charge in [-0.1, -0.05) is 0 Å². The second-order valence-corrected chi connectivity index (χ2v) is 5.23. The van der Waals surface area contributed by atoms with Gasteiger partial charge in [0.05, 0.1) is 5.92 Å². The number of carbonyl (C=O) groups is 2. The minimum Gasteiger partial charge on any atom is -0.398 e. The van der Waals surface area contributed by atoms with Crippen LogP contribution in [-0.2, 0) is 4.79 Å². The van der Waals surface area contributed by atoms with Gasteiger partial charge in [0.2, 0.25) is 5.91 Å². The molecule has 0 aromatic heterocycles. The lowest BCUT2D eigenvalue weighted by Gasteiger charge is -2.33. The predicted octanol–water partition coefficient (Wildman–Crippen LogP) is 1.43. The number of rotatable bonds is 3. The summed E-state index contributed by atoms with van der Waals surface area (Å²) in [4.78, 5) is 25.3. The number of hydrogen-bond donors (Lipinski definition) is 2. The van der Waals surface area contributed by atoms with Crippen molar-refractivity contribution in [2.45, 2.75) is 19.8 Å². The van der Waals surface area contributed by atoms with Crippen LogP contribution in [0.3, 0.4) is 0 Å². The van der Waals surface area contributed by atoms with Crippen molar-refractivity contribution >= 4 is 23.1 Å². The molecule has 1 unspecified atom stereocenters. The van der Waals surface area contributed by atoms with E-state index < -0.39 is 0 Å². The van der Waals surface area contributed by atoms with E-state index in [1.165, 1.54) is 6.92 Å². The van der Waals surface area contributed by atoms with Crippen molar-refractivity contribution in [3.05, 3.63) is 23.8 Å². The molecule has 2 rings (SSSR count). The van der Waals surface area contributed by atoms with Crippen molar-refractivity contribution in [2.24, 2.45) is 5.92 Å². The summed E-state index contributed by atoms with van der Waals surface area (Å²) in [6, 6.07) is 5.48. The van der Waals surface area contributed by atoms with Gasteiger partial charge in [0, 0.05) is 37.1 Å². The highest BCUT2D eigenvalue weighted by atomic mass is 16.1. The number of nitrogens with zero attached hydrogens (tertiary/aromatic N) is 1. The second-order valence-electron chi connectivity index (χ2n) is 5.23. The predicted molar refractivity (Wildman–Crippen MR) is 79.9 cm³/mol. The maximum Gasteiger partial charge on any atom is 0.224 e. The van der Waals surface area contributed by atoms with Gasteiger partial charge in [-0.15, -0.1) is 0 Å². The van der Waals surface area contributed by atoms with Crippen molar-refractivity contribution in [2.75, 3.05) is 30.8 Å². The molecule has 0 radical (unpaired) electrons. The molecule has 20 heavy (non-hydrogen) atoms. The Balaban J connectivity index is 2.17. The summed E-state index contributed by atoms with van der Waals surface area (Å²) in [7, 11) is 1.67. The zero-order valence-electron chi connectivity index (χ0n) is 12.0. The van der Waals surface area contributed by atoms with E-state index in [1.54, 1.807) is 13.1 Å². The number of nitrogens with one attached hydrogen (secondary N) is 1. The second kappa shape index (κ2) is 5.94. The summed E-state index contributed by atoms with van der Waals surface area (Å²) < 4.78 is 0. The Labute approximate surface area is 119 Å². The van der Waals surface area contributed by atoms with E-state index in [0.29, 0.717) is 17.8 Å². The number of benzene rings is 1. The van der Waals surface area contributed by atoms with Crippen LogP contribution in [-0.4, -0.2) is 31.8 Å². The number of anilines is 2. The smallest absolute Gasteiger partial charge is 0.224 e. The molecule has 0 saturated carbocycles. The number of hydrogen-bond acceptors (Lipinski definition) is 4. The molecular weight excluding hydrogens is 254 g/mol. The molecule has 1 aliphatic heterocycles. The summed E-state index contributed by atoms with van der Waals surface area (Å²) in [6.45, 7) is 3.11. The SMILES string of the molecule is CNC(=O)C1CCCN(c2ccc(C(C)=O)c(N)c2)C1. The molecular formula is C15H21N3O2. The summed E-state index contributed by atoms with van der Waals surface area (Å²) in [5.74, 6) is 0.0708. The summed E-state index contributed by atoms with van der Waals surface area (Å²) in [5.41, 5.74) is 7.94. The van der Waals surface area contributed by atoms with Crippen molar-refractivity contribution in [1.29, 1.82) is 0 Å². The van der Waals surface area contributed by atoms with E-state index in [1.807, 2.05) is 12.1 Å². The molecule has 0 spiro atoms. The number of carbonyl (C=O) groups excluding carboxylic acids is 2. The van der Waals surface area contributed by atoms with E-state index in [0.717, 1.165) is 25.1 Å². The Kier molecular flexibility index (Phi) is 4.27. The molecule has 0 aliphatic carbocycles. The van der Waals surface area contributed by atoms with Crippen LogP contribution in [0.15, 0.2) is 18.2 Å². The molecule has 5 heteroatoms. The minimum absolute atomic E-state index is 0.0162. The fourth-order valence-electron chi connectivity index (χ4n) is 2.70. The number of nitrogens with two attached hydrogens (primary N) is 1. The lowest BCUT2D eigenvalue weighted by atomic mass is 9.96. The number of ketones is 1. The van der Waals surface area contributed by atoms with Crippen LogP contribution < -0.4 is 16.0 Å². The molecule has 5 nitrogen and oxygen atoms in total. The Hall–Kier alpha value is -2.04. The van der Waals surface area contributed by atoms with Crippen LogP contribution in [0, 0.1) is 5.92 Å². The molecule has 0 bridgehead atoms. The fraction of sp³-hybridized carbons (Fsp3) is 0.467. The van der Waals surface area contributed by atoms with Gasteiger partial charge in [0.15, 0.2) is 5.78 Å². The maximum atomic E-state index is 11.7. The molecule has 1 atom stereocenters. The van der Waals surface area contributed by atoms with Crippen molar-refractivity contribution < 1.29 is 9.59 Å². The zero-order chi connectivity index (χ0) is 14.7. The van der Waals surface area contributed by atoms with E-state index in [9.17, 15) is 9.59 Å². The van der Waals surface area contributed by atoms with E-state index in [4.69, 9.17) is 5.73 Å². The third-order valence-electron chi connectivity index (χ3n) is 3.82. The molecule has 1 fully saturated rings. The fourth-order valence-corrected chi connectivity index (χ4v) is 2.70. The van der Waals surface area contributed by atoms with Crippen LogP contribution in [0.2, 0.25) is 0 Å². The highest BCUT2D eigenvalue weighted by Crippen LogP contribution is 2.26. The molecule has 1 saturated heterocycles. The van der Waals surface area contributed by atoms with Gasteiger partial charge in [-0.3, -0.25) is 9.59 Å². The summed E-state index contributed by atoms with van der Waals surface area (Å²) in [5, 5.41) is 2.71. The highest BCUT2D eigenvalue weighted by molar-refractivity contribution is 5.99. The molecule has 3 N–H and O–H groups in total. The number of piperidine rings is 1. The Morgan fingerprint density at radius 1 is 1.40 bits per heavy atom. The van der Waals surface area contributed by atoms with Crippen molar-refractivity contribution in [3.63, 3.8) is 0 Å².